The average molecular weight is 860 g/mol. The molecule has 0 saturated heterocycles. The molecule has 0 fully saturated rings. The van der Waals surface area contributed by atoms with E-state index in [4.69, 9.17) is 12.3 Å². The number of carbonyl (C=O) groups is 4. The van der Waals surface area contributed by atoms with Crippen LogP contribution in [-0.2, 0) is 21.9 Å². The summed E-state index contributed by atoms with van der Waals surface area (Å²) < 4.78 is 26.3. The second kappa shape index (κ2) is 24.8. The molecule has 46 heavy (non-hydrogen) atoms. The van der Waals surface area contributed by atoms with Crippen LogP contribution in [0, 0.1) is 0 Å². The van der Waals surface area contributed by atoms with Crippen LogP contribution in [0.2, 0.25) is 17.7 Å². The van der Waals surface area contributed by atoms with Gasteiger partial charge in [-0.05, 0) is 0 Å². The molecule has 3 rings (SSSR count). The van der Waals surface area contributed by atoms with E-state index >= 15 is 0 Å². The van der Waals surface area contributed by atoms with E-state index in [-0.39, 0.29) is 23.9 Å². The SMILES string of the molecule is CCCCCCC[CH2][Sn]([CH2]CCCCCCC)([O]C(C)=O)[O]C(C)=O.CCC[CH2][Sn]1([CH2]CCC)[O]C(=O)c2ccc(cc2)C(=O)[O]1. The normalized spacial score (nSPS) is 13.8. The third-order valence-corrected chi connectivity index (χ3v) is 27.9. The van der Waals surface area contributed by atoms with Crippen molar-refractivity contribution in [2.24, 2.45) is 0 Å². The van der Waals surface area contributed by atoms with Gasteiger partial charge in [-0.2, -0.15) is 0 Å². The Labute approximate surface area is 289 Å². The van der Waals surface area contributed by atoms with Crippen LogP contribution in [0.25, 0.3) is 0 Å². The molecule has 0 aromatic heterocycles. The molecule has 0 spiro atoms. The van der Waals surface area contributed by atoms with Crippen molar-refractivity contribution >= 4 is 62.3 Å². The molecule has 0 amide bonds. The van der Waals surface area contributed by atoms with Gasteiger partial charge in [0.15, 0.2) is 0 Å². The van der Waals surface area contributed by atoms with Crippen molar-refractivity contribution in [3.63, 3.8) is 0 Å². The first-order valence-corrected chi connectivity index (χ1v) is 30.7. The zero-order valence-corrected chi connectivity index (χ0v) is 35.4. The van der Waals surface area contributed by atoms with E-state index in [0.29, 0.717) is 11.1 Å². The van der Waals surface area contributed by atoms with Gasteiger partial charge in [-0.3, -0.25) is 0 Å². The summed E-state index contributed by atoms with van der Waals surface area (Å²) in [7, 11) is 0. The van der Waals surface area contributed by atoms with Crippen LogP contribution in [0.5, 0.6) is 0 Å². The first-order chi connectivity index (χ1) is 22.1. The fraction of sp³-hybridized carbons (Fsp3) is 0.722. The second-order valence-electron chi connectivity index (χ2n) is 12.6. The van der Waals surface area contributed by atoms with E-state index in [1.807, 2.05) is 0 Å². The van der Waals surface area contributed by atoms with Gasteiger partial charge < -0.3 is 0 Å². The number of fused-ring (bicyclic) bond motifs is 6. The molecular weight excluding hydrogens is 798 g/mol. The molecule has 0 atom stereocenters. The van der Waals surface area contributed by atoms with Crippen molar-refractivity contribution < 1.29 is 31.5 Å². The zero-order chi connectivity index (χ0) is 34.3. The van der Waals surface area contributed by atoms with Crippen LogP contribution < -0.4 is 0 Å². The minimum absolute atomic E-state index is 0.283. The Bertz CT molecular complexity index is 946. The summed E-state index contributed by atoms with van der Waals surface area (Å²) >= 11 is -7.33. The number of rotatable bonds is 22. The van der Waals surface area contributed by atoms with Crippen LogP contribution >= 0.6 is 0 Å². The van der Waals surface area contributed by atoms with Crippen LogP contribution in [0.1, 0.15) is 165 Å². The predicted octanol–water partition coefficient (Wildman–Crippen LogP) is 10.3. The molecule has 2 bridgehead atoms. The van der Waals surface area contributed by atoms with Gasteiger partial charge in [0, 0.05) is 0 Å². The van der Waals surface area contributed by atoms with E-state index in [1.165, 1.54) is 65.2 Å². The molecular formula is C36H62O8Sn2. The zero-order valence-electron chi connectivity index (χ0n) is 29.7. The summed E-state index contributed by atoms with van der Waals surface area (Å²) in [6, 6.07) is 6.56. The van der Waals surface area contributed by atoms with Gasteiger partial charge in [0.25, 0.3) is 0 Å². The average Bonchev–Trinajstić information content (AvgIpc) is 3.09. The summed E-state index contributed by atoms with van der Waals surface area (Å²) in [5.41, 5.74) is 1.01. The maximum atomic E-state index is 12.3. The predicted molar refractivity (Wildman–Crippen MR) is 188 cm³/mol. The van der Waals surface area contributed by atoms with Gasteiger partial charge in [-0.15, -0.1) is 0 Å². The fourth-order valence-corrected chi connectivity index (χ4v) is 24.8. The third-order valence-electron chi connectivity index (χ3n) is 8.22. The molecule has 2 heterocycles. The van der Waals surface area contributed by atoms with Crippen LogP contribution in [0.15, 0.2) is 24.3 Å². The van der Waals surface area contributed by atoms with E-state index in [0.717, 1.165) is 69.1 Å². The molecule has 10 heteroatoms. The van der Waals surface area contributed by atoms with E-state index in [1.54, 1.807) is 24.3 Å². The second-order valence-corrected chi connectivity index (χ2v) is 31.0. The minimum atomic E-state index is -3.70. The number of hydrogen-bond acceptors (Lipinski definition) is 8. The molecule has 262 valence electrons. The third kappa shape index (κ3) is 17.7. The molecule has 0 aliphatic carbocycles. The number of carbonyl (C=O) groups excluding carboxylic acids is 4. The molecule has 0 saturated carbocycles. The summed E-state index contributed by atoms with van der Waals surface area (Å²) in [5.74, 6) is -1.23. The van der Waals surface area contributed by atoms with Gasteiger partial charge in [0.05, 0.1) is 0 Å². The van der Waals surface area contributed by atoms with Crippen LogP contribution in [0.3, 0.4) is 0 Å². The molecule has 0 radical (unpaired) electrons. The number of hydrogen-bond donors (Lipinski definition) is 0. The van der Waals surface area contributed by atoms with Crippen molar-refractivity contribution in [1.82, 2.24) is 0 Å². The molecule has 0 N–H and O–H groups in total. The van der Waals surface area contributed by atoms with Gasteiger partial charge in [-0.25, -0.2) is 0 Å². The van der Waals surface area contributed by atoms with Crippen molar-refractivity contribution in [3.05, 3.63) is 35.4 Å². The van der Waals surface area contributed by atoms with Crippen LogP contribution in [0.4, 0.5) is 0 Å². The molecule has 1 aromatic rings. The van der Waals surface area contributed by atoms with Crippen molar-refractivity contribution in [1.29, 1.82) is 0 Å². The Kier molecular flexibility index (Phi) is 23.0. The maximum absolute atomic E-state index is 12.3. The Hall–Kier alpha value is -1.30. The van der Waals surface area contributed by atoms with Crippen molar-refractivity contribution in [2.45, 2.75) is 162 Å². The van der Waals surface area contributed by atoms with Crippen molar-refractivity contribution in [3.8, 4) is 0 Å². The van der Waals surface area contributed by atoms with E-state index < -0.39 is 38.4 Å². The van der Waals surface area contributed by atoms with Crippen molar-refractivity contribution in [2.75, 3.05) is 0 Å². The van der Waals surface area contributed by atoms with Crippen LogP contribution in [-0.4, -0.2) is 62.3 Å². The molecule has 2 aliphatic heterocycles. The Morgan fingerprint density at radius 3 is 1.22 bits per heavy atom. The fourth-order valence-electron chi connectivity index (χ4n) is 5.66. The quantitative estimate of drug-likeness (QED) is 0.0839. The summed E-state index contributed by atoms with van der Waals surface area (Å²) in [6.45, 7) is 11.5. The molecule has 8 nitrogen and oxygen atoms in total. The molecule has 0 unspecified atom stereocenters. The van der Waals surface area contributed by atoms with E-state index in [9.17, 15) is 19.2 Å². The Balaban J connectivity index is 0.000000465. The standard InChI is InChI=1S/C8H6O4.2C8H17.2C4H9.2C2H4O2.2Sn/c9-7(10)5-1-2-6(4-3-5)8(11)12;2*1-3-5-7-8-6-4-2;2*1-3-4-2;2*1-2(3)4;;/h1-4H,(H,9,10)(H,11,12);2*1,3-8H2,2H3;2*1,3-4H2,2H3;2*1H3,(H,3,4);;/q;;;;;;;2*+2/p-4. The summed E-state index contributed by atoms with van der Waals surface area (Å²) in [4.78, 5) is 47.9. The molecule has 1 aromatic carbocycles. The first kappa shape index (κ1) is 42.7. The van der Waals surface area contributed by atoms with Gasteiger partial charge in [0.2, 0.25) is 0 Å². The van der Waals surface area contributed by atoms with E-state index in [2.05, 4.69) is 27.7 Å². The summed E-state index contributed by atoms with van der Waals surface area (Å²) in [6.07, 6.45) is 18.2. The topological polar surface area (TPSA) is 105 Å². The summed E-state index contributed by atoms with van der Waals surface area (Å²) in [5, 5.41) is 0. The Morgan fingerprint density at radius 2 is 0.891 bits per heavy atom. The first-order valence-electron chi connectivity index (χ1n) is 18.0. The monoisotopic (exact) mass is 862 g/mol. The number of unbranched alkanes of at least 4 members (excludes halogenated alkanes) is 12. The van der Waals surface area contributed by atoms with Gasteiger partial charge >= 0.3 is 291 Å². The Morgan fingerprint density at radius 1 is 0.565 bits per heavy atom. The van der Waals surface area contributed by atoms with Gasteiger partial charge in [-0.1, -0.05) is 0 Å². The van der Waals surface area contributed by atoms with Gasteiger partial charge in [0.1, 0.15) is 0 Å². The molecule has 2 aliphatic rings. The number of benzene rings is 1.